The van der Waals surface area contributed by atoms with Crippen LogP contribution in [0.15, 0.2) is 0 Å². The highest BCUT2D eigenvalue weighted by Crippen LogP contribution is 1.75. The van der Waals surface area contributed by atoms with E-state index in [0.717, 1.165) is 0 Å². The highest BCUT2D eigenvalue weighted by atomic mass is 16.5. The first-order valence-corrected chi connectivity index (χ1v) is 2.30. The van der Waals surface area contributed by atoms with Crippen LogP contribution >= 0.6 is 0 Å². The Morgan fingerprint density at radius 3 is 2.71 bits per heavy atom. The molecule has 0 aromatic rings. The Labute approximate surface area is 43.1 Å². The van der Waals surface area contributed by atoms with Crippen LogP contribution in [0.2, 0.25) is 0 Å². The molecule has 0 rings (SSSR count). The van der Waals surface area contributed by atoms with Crippen molar-refractivity contribution in [3.8, 4) is 0 Å². The maximum atomic E-state index is 8.17. The SMILES string of the molecule is NCOCCCO. The Morgan fingerprint density at radius 2 is 2.29 bits per heavy atom. The van der Waals surface area contributed by atoms with Gasteiger partial charge >= 0.3 is 0 Å². The van der Waals surface area contributed by atoms with Crippen LogP contribution in [-0.4, -0.2) is 25.1 Å². The maximum Gasteiger partial charge on any atom is 0.0940 e. The lowest BCUT2D eigenvalue weighted by Crippen LogP contribution is -2.06. The van der Waals surface area contributed by atoms with Crippen molar-refractivity contribution in [3.05, 3.63) is 0 Å². The number of ether oxygens (including phenoxy) is 1. The Morgan fingerprint density at radius 1 is 1.57 bits per heavy atom. The van der Waals surface area contributed by atoms with Crippen LogP contribution < -0.4 is 5.73 Å². The molecule has 0 bridgehead atoms. The molecule has 0 spiro atoms. The summed E-state index contributed by atoms with van der Waals surface area (Å²) in [7, 11) is 0. The normalized spacial score (nSPS) is 9.43. The molecule has 3 N–H and O–H groups in total. The van der Waals surface area contributed by atoms with Crippen molar-refractivity contribution in [3.63, 3.8) is 0 Å². The van der Waals surface area contributed by atoms with E-state index >= 15 is 0 Å². The lowest BCUT2D eigenvalue weighted by Gasteiger charge is -1.94. The second-order valence-electron chi connectivity index (χ2n) is 1.15. The number of rotatable bonds is 4. The third-order valence-corrected chi connectivity index (χ3v) is 0.565. The number of aliphatic hydroxyl groups is 1. The standard InChI is InChI=1S/C4H11NO2/c5-4-7-3-1-2-6/h6H,1-5H2. The third-order valence-electron chi connectivity index (χ3n) is 0.565. The van der Waals surface area contributed by atoms with Crippen LogP contribution in [0.4, 0.5) is 0 Å². The first-order chi connectivity index (χ1) is 3.41. The van der Waals surface area contributed by atoms with Crippen molar-refractivity contribution in [2.45, 2.75) is 6.42 Å². The van der Waals surface area contributed by atoms with Crippen LogP contribution in [0.1, 0.15) is 6.42 Å². The fraction of sp³-hybridized carbons (Fsp3) is 1.00. The van der Waals surface area contributed by atoms with E-state index in [2.05, 4.69) is 0 Å². The number of hydrogen-bond acceptors (Lipinski definition) is 3. The summed E-state index contributed by atoms with van der Waals surface area (Å²) in [6, 6.07) is 0. The highest BCUT2D eigenvalue weighted by Gasteiger charge is 1.79. The Kier molecular flexibility index (Phi) is 5.78. The van der Waals surface area contributed by atoms with Gasteiger partial charge in [-0.25, -0.2) is 0 Å². The summed E-state index contributed by atoms with van der Waals surface area (Å²) >= 11 is 0. The molecule has 3 nitrogen and oxygen atoms in total. The average molecular weight is 105 g/mol. The molecule has 0 unspecified atom stereocenters. The average Bonchev–Trinajstić information content (AvgIpc) is 1.69. The molecule has 0 aliphatic heterocycles. The summed E-state index contributed by atoms with van der Waals surface area (Å²) in [6.07, 6.45) is 0.678. The predicted octanol–water partition coefficient (Wildman–Crippen LogP) is -0.698. The van der Waals surface area contributed by atoms with Gasteiger partial charge in [0.25, 0.3) is 0 Å². The first-order valence-electron chi connectivity index (χ1n) is 2.30. The zero-order valence-electron chi connectivity index (χ0n) is 4.26. The second-order valence-corrected chi connectivity index (χ2v) is 1.15. The van der Waals surface area contributed by atoms with E-state index in [0.29, 0.717) is 13.0 Å². The van der Waals surface area contributed by atoms with Gasteiger partial charge in [0.15, 0.2) is 0 Å². The van der Waals surface area contributed by atoms with Crippen molar-refractivity contribution in [1.29, 1.82) is 0 Å². The van der Waals surface area contributed by atoms with Gasteiger partial charge < -0.3 is 15.6 Å². The lowest BCUT2D eigenvalue weighted by molar-refractivity contribution is 0.121. The quantitative estimate of drug-likeness (QED) is 0.367. The fourth-order valence-corrected chi connectivity index (χ4v) is 0.250. The fourth-order valence-electron chi connectivity index (χ4n) is 0.250. The van der Waals surface area contributed by atoms with Crippen LogP contribution in [0.3, 0.4) is 0 Å². The van der Waals surface area contributed by atoms with Crippen molar-refractivity contribution in [2.75, 3.05) is 19.9 Å². The summed E-state index contributed by atoms with van der Waals surface area (Å²) in [5.41, 5.74) is 4.97. The molecular weight excluding hydrogens is 94.0 g/mol. The van der Waals surface area contributed by atoms with Gasteiger partial charge in [0.05, 0.1) is 13.3 Å². The zero-order chi connectivity index (χ0) is 5.54. The predicted molar refractivity (Wildman–Crippen MR) is 26.7 cm³/mol. The minimum absolute atomic E-state index is 0.181. The number of aliphatic hydroxyl groups excluding tert-OH is 1. The van der Waals surface area contributed by atoms with E-state index in [1.54, 1.807) is 0 Å². The Balaban J connectivity index is 2.45. The summed E-state index contributed by atoms with van der Waals surface area (Å²) in [5.74, 6) is 0. The van der Waals surface area contributed by atoms with E-state index in [1.807, 2.05) is 0 Å². The van der Waals surface area contributed by atoms with Crippen molar-refractivity contribution < 1.29 is 9.84 Å². The van der Waals surface area contributed by atoms with E-state index in [-0.39, 0.29) is 13.3 Å². The van der Waals surface area contributed by atoms with E-state index in [9.17, 15) is 0 Å². The Hall–Kier alpha value is -0.120. The molecule has 0 aliphatic rings. The van der Waals surface area contributed by atoms with E-state index in [4.69, 9.17) is 15.6 Å². The van der Waals surface area contributed by atoms with Gasteiger partial charge in [-0.2, -0.15) is 0 Å². The smallest absolute Gasteiger partial charge is 0.0940 e. The molecular formula is C4H11NO2. The van der Waals surface area contributed by atoms with Gasteiger partial charge in [0.1, 0.15) is 0 Å². The van der Waals surface area contributed by atoms with Gasteiger partial charge in [0.2, 0.25) is 0 Å². The zero-order valence-corrected chi connectivity index (χ0v) is 4.26. The summed E-state index contributed by atoms with van der Waals surface area (Å²) in [4.78, 5) is 0. The van der Waals surface area contributed by atoms with Crippen molar-refractivity contribution in [2.24, 2.45) is 5.73 Å². The molecule has 3 heteroatoms. The number of nitrogens with two attached hydrogens (primary N) is 1. The molecule has 0 saturated heterocycles. The minimum Gasteiger partial charge on any atom is -0.396 e. The first kappa shape index (κ1) is 6.88. The minimum atomic E-state index is 0.181. The lowest BCUT2D eigenvalue weighted by atomic mass is 10.5. The second kappa shape index (κ2) is 5.88. The highest BCUT2D eigenvalue weighted by molar-refractivity contribution is 4.27. The monoisotopic (exact) mass is 105 g/mol. The van der Waals surface area contributed by atoms with Gasteiger partial charge in [-0.05, 0) is 6.42 Å². The van der Waals surface area contributed by atoms with Crippen LogP contribution in [0.25, 0.3) is 0 Å². The van der Waals surface area contributed by atoms with Crippen molar-refractivity contribution in [1.82, 2.24) is 0 Å². The number of hydrogen-bond donors (Lipinski definition) is 2. The molecule has 7 heavy (non-hydrogen) atoms. The maximum absolute atomic E-state index is 8.17. The third kappa shape index (κ3) is 5.88. The van der Waals surface area contributed by atoms with Crippen LogP contribution in [0, 0.1) is 0 Å². The molecule has 0 aliphatic carbocycles. The van der Waals surface area contributed by atoms with Crippen LogP contribution in [-0.2, 0) is 4.74 Å². The summed E-state index contributed by atoms with van der Waals surface area (Å²) in [6.45, 7) is 0.993. The molecule has 0 heterocycles. The summed E-state index contributed by atoms with van der Waals surface area (Å²) < 4.78 is 4.69. The molecule has 0 atom stereocenters. The Bertz CT molecular complexity index is 28.9. The van der Waals surface area contributed by atoms with E-state index in [1.165, 1.54) is 0 Å². The van der Waals surface area contributed by atoms with Gasteiger partial charge in [-0.3, -0.25) is 0 Å². The molecule has 0 saturated carbocycles. The molecule has 0 fully saturated rings. The van der Waals surface area contributed by atoms with Crippen molar-refractivity contribution >= 4 is 0 Å². The molecule has 44 valence electrons. The largest absolute Gasteiger partial charge is 0.396 e. The molecule has 0 amide bonds. The van der Waals surface area contributed by atoms with Gasteiger partial charge in [0, 0.05) is 6.61 Å². The van der Waals surface area contributed by atoms with Gasteiger partial charge in [-0.15, -0.1) is 0 Å². The van der Waals surface area contributed by atoms with Crippen LogP contribution in [0.5, 0.6) is 0 Å². The van der Waals surface area contributed by atoms with Gasteiger partial charge in [-0.1, -0.05) is 0 Å². The topological polar surface area (TPSA) is 55.5 Å². The molecule has 0 radical (unpaired) electrons. The molecule has 0 aromatic heterocycles. The summed E-state index contributed by atoms with van der Waals surface area (Å²) in [5, 5.41) is 8.17. The van der Waals surface area contributed by atoms with E-state index < -0.39 is 0 Å². The molecule has 0 aromatic carbocycles.